The SMILES string of the molecule is Cn1nc(C2=CCC([N+](=O)[O-])C=C2)c(Br)c1C1CC1. The molecule has 0 saturated heterocycles. The molecule has 1 unspecified atom stereocenters. The molecule has 2 aliphatic carbocycles. The van der Waals surface area contributed by atoms with E-state index in [1.165, 1.54) is 18.5 Å². The predicted octanol–water partition coefficient (Wildman–Crippen LogP) is 3.05. The molecule has 100 valence electrons. The van der Waals surface area contributed by atoms with E-state index in [0.29, 0.717) is 12.3 Å². The van der Waals surface area contributed by atoms with Crippen molar-refractivity contribution in [3.8, 4) is 0 Å². The number of halogens is 1. The van der Waals surface area contributed by atoms with Gasteiger partial charge in [-0.1, -0.05) is 12.2 Å². The number of nitrogens with zero attached hydrogens (tertiary/aromatic N) is 3. The highest BCUT2D eigenvalue weighted by Crippen LogP contribution is 2.45. The van der Waals surface area contributed by atoms with Crippen LogP contribution in [0.15, 0.2) is 22.7 Å². The number of rotatable bonds is 3. The Kier molecular flexibility index (Phi) is 3.05. The zero-order valence-corrected chi connectivity index (χ0v) is 12.1. The van der Waals surface area contributed by atoms with Gasteiger partial charge in [0.1, 0.15) is 5.69 Å². The van der Waals surface area contributed by atoms with Gasteiger partial charge in [-0.2, -0.15) is 5.10 Å². The van der Waals surface area contributed by atoms with Crippen LogP contribution in [0.5, 0.6) is 0 Å². The fourth-order valence-electron chi connectivity index (χ4n) is 2.44. The molecular weight excluding hydrogens is 310 g/mol. The summed E-state index contributed by atoms with van der Waals surface area (Å²) in [6, 6.07) is -0.603. The van der Waals surface area contributed by atoms with Crippen LogP contribution in [-0.2, 0) is 7.05 Å². The van der Waals surface area contributed by atoms with E-state index in [1.807, 2.05) is 17.8 Å². The van der Waals surface area contributed by atoms with Crippen molar-refractivity contribution < 1.29 is 4.92 Å². The summed E-state index contributed by atoms with van der Waals surface area (Å²) in [6.07, 6.45) is 8.22. The molecule has 0 spiro atoms. The molecular formula is C13H14BrN3O2. The first-order chi connectivity index (χ1) is 9.08. The molecule has 5 nitrogen and oxygen atoms in total. The monoisotopic (exact) mass is 323 g/mol. The van der Waals surface area contributed by atoms with Crippen molar-refractivity contribution in [2.24, 2.45) is 7.05 Å². The Bertz CT molecular complexity index is 599. The molecule has 0 amide bonds. The second-order valence-electron chi connectivity index (χ2n) is 5.05. The van der Waals surface area contributed by atoms with Crippen LogP contribution >= 0.6 is 15.9 Å². The van der Waals surface area contributed by atoms with E-state index in [2.05, 4.69) is 21.0 Å². The quantitative estimate of drug-likeness (QED) is 0.634. The standard InChI is InChI=1S/C13H14BrN3O2/c1-16-13(9-2-3-9)11(14)12(15-16)8-4-6-10(7-5-8)17(18)19/h4-6,9-10H,2-3,7H2,1H3. The topological polar surface area (TPSA) is 61.0 Å². The van der Waals surface area contributed by atoms with Gasteiger partial charge in [0.05, 0.1) is 10.2 Å². The van der Waals surface area contributed by atoms with Crippen LogP contribution in [0, 0.1) is 10.1 Å². The smallest absolute Gasteiger partial charge is 0.235 e. The van der Waals surface area contributed by atoms with Gasteiger partial charge in [-0.15, -0.1) is 0 Å². The Balaban J connectivity index is 1.90. The molecule has 1 saturated carbocycles. The highest BCUT2D eigenvalue weighted by atomic mass is 79.9. The van der Waals surface area contributed by atoms with E-state index in [4.69, 9.17) is 0 Å². The van der Waals surface area contributed by atoms with Crippen molar-refractivity contribution in [1.82, 2.24) is 9.78 Å². The van der Waals surface area contributed by atoms with E-state index in [-0.39, 0.29) is 4.92 Å². The van der Waals surface area contributed by atoms with Crippen molar-refractivity contribution in [3.63, 3.8) is 0 Å². The van der Waals surface area contributed by atoms with Crippen molar-refractivity contribution in [3.05, 3.63) is 44.2 Å². The molecule has 2 aliphatic rings. The number of aryl methyl sites for hydroxylation is 1. The van der Waals surface area contributed by atoms with Crippen LogP contribution in [0.4, 0.5) is 0 Å². The highest BCUT2D eigenvalue weighted by molar-refractivity contribution is 9.10. The zero-order valence-electron chi connectivity index (χ0n) is 10.5. The van der Waals surface area contributed by atoms with Crippen LogP contribution in [0.3, 0.4) is 0 Å². The number of aromatic nitrogens is 2. The first kappa shape index (κ1) is 12.6. The van der Waals surface area contributed by atoms with Gasteiger partial charge in [-0.25, -0.2) is 0 Å². The third kappa shape index (κ3) is 2.25. The Labute approximate surface area is 119 Å². The first-order valence-electron chi connectivity index (χ1n) is 6.32. The molecule has 1 heterocycles. The largest absolute Gasteiger partial charge is 0.271 e. The van der Waals surface area contributed by atoms with Crippen molar-refractivity contribution in [2.75, 3.05) is 0 Å². The summed E-state index contributed by atoms with van der Waals surface area (Å²) in [5, 5.41) is 15.3. The second kappa shape index (κ2) is 4.59. The number of nitro groups is 1. The number of allylic oxidation sites excluding steroid dienone is 2. The summed E-state index contributed by atoms with van der Waals surface area (Å²) in [4.78, 5) is 10.5. The van der Waals surface area contributed by atoms with Gasteiger partial charge in [0.2, 0.25) is 6.04 Å². The number of hydrogen-bond donors (Lipinski definition) is 0. The molecule has 0 aliphatic heterocycles. The predicted molar refractivity (Wildman–Crippen MR) is 75.4 cm³/mol. The highest BCUT2D eigenvalue weighted by Gasteiger charge is 2.31. The van der Waals surface area contributed by atoms with Crippen LogP contribution in [0.25, 0.3) is 5.57 Å². The molecule has 3 rings (SSSR count). The Hall–Kier alpha value is -1.43. The lowest BCUT2D eigenvalue weighted by Crippen LogP contribution is -2.17. The van der Waals surface area contributed by atoms with Gasteiger partial charge in [0.15, 0.2) is 0 Å². The Morgan fingerprint density at radius 1 is 1.53 bits per heavy atom. The van der Waals surface area contributed by atoms with E-state index in [9.17, 15) is 10.1 Å². The molecule has 19 heavy (non-hydrogen) atoms. The first-order valence-corrected chi connectivity index (χ1v) is 7.12. The Morgan fingerprint density at radius 2 is 2.26 bits per heavy atom. The minimum absolute atomic E-state index is 0.257. The lowest BCUT2D eigenvalue weighted by atomic mass is 10.0. The van der Waals surface area contributed by atoms with Gasteiger partial charge in [-0.3, -0.25) is 14.8 Å². The maximum atomic E-state index is 10.7. The number of hydrogen-bond acceptors (Lipinski definition) is 3. The van der Waals surface area contributed by atoms with E-state index < -0.39 is 6.04 Å². The van der Waals surface area contributed by atoms with Crippen molar-refractivity contribution >= 4 is 21.5 Å². The molecule has 1 fully saturated rings. The van der Waals surface area contributed by atoms with E-state index in [0.717, 1.165) is 15.7 Å². The molecule has 1 atom stereocenters. The van der Waals surface area contributed by atoms with Crippen molar-refractivity contribution in [1.29, 1.82) is 0 Å². The van der Waals surface area contributed by atoms with Gasteiger partial charge < -0.3 is 0 Å². The average molecular weight is 324 g/mol. The second-order valence-corrected chi connectivity index (χ2v) is 5.85. The van der Waals surface area contributed by atoms with Crippen molar-refractivity contribution in [2.45, 2.75) is 31.2 Å². The molecule has 0 bridgehead atoms. The molecule has 6 heteroatoms. The van der Waals surface area contributed by atoms with E-state index in [1.54, 1.807) is 12.2 Å². The zero-order chi connectivity index (χ0) is 13.6. The molecule has 1 aromatic rings. The summed E-state index contributed by atoms with van der Waals surface area (Å²) < 4.78 is 2.96. The maximum Gasteiger partial charge on any atom is 0.235 e. The fourth-order valence-corrected chi connectivity index (χ4v) is 3.33. The minimum atomic E-state index is -0.603. The summed E-state index contributed by atoms with van der Waals surface area (Å²) in [5.41, 5.74) is 3.09. The van der Waals surface area contributed by atoms with Crippen LogP contribution in [0.1, 0.15) is 36.6 Å². The lowest BCUT2D eigenvalue weighted by Gasteiger charge is -2.08. The lowest BCUT2D eigenvalue weighted by molar-refractivity contribution is -0.508. The third-order valence-corrected chi connectivity index (χ3v) is 4.40. The van der Waals surface area contributed by atoms with Gasteiger partial charge in [0.25, 0.3) is 0 Å². The van der Waals surface area contributed by atoms with E-state index >= 15 is 0 Å². The summed E-state index contributed by atoms with van der Waals surface area (Å²) in [5.74, 6) is 0.611. The maximum absolute atomic E-state index is 10.7. The Morgan fingerprint density at radius 3 is 2.79 bits per heavy atom. The van der Waals surface area contributed by atoms with Gasteiger partial charge in [-0.05, 0) is 40.4 Å². The normalized spacial score (nSPS) is 22.4. The summed E-state index contributed by atoms with van der Waals surface area (Å²) >= 11 is 3.63. The summed E-state index contributed by atoms with van der Waals surface area (Å²) in [7, 11) is 1.95. The van der Waals surface area contributed by atoms with Crippen LogP contribution in [0.2, 0.25) is 0 Å². The van der Waals surface area contributed by atoms with Gasteiger partial charge >= 0.3 is 0 Å². The molecule has 0 radical (unpaired) electrons. The van der Waals surface area contributed by atoms with Gasteiger partial charge in [0, 0.05) is 24.3 Å². The molecule has 0 N–H and O–H groups in total. The third-order valence-electron chi connectivity index (χ3n) is 3.62. The van der Waals surface area contributed by atoms with Crippen LogP contribution < -0.4 is 0 Å². The minimum Gasteiger partial charge on any atom is -0.271 e. The average Bonchev–Trinajstić information content (AvgIpc) is 3.16. The molecule has 1 aromatic heterocycles. The molecule has 0 aromatic carbocycles. The van der Waals surface area contributed by atoms with Crippen LogP contribution in [-0.4, -0.2) is 20.7 Å². The summed E-state index contributed by atoms with van der Waals surface area (Å²) in [6.45, 7) is 0. The fraction of sp³-hybridized carbons (Fsp3) is 0.462.